The number of aromatic amines is 1. The van der Waals surface area contributed by atoms with Gasteiger partial charge in [0.05, 0.1) is 24.4 Å². The number of aliphatic carboxylic acids is 1. The monoisotopic (exact) mass is 413 g/mol. The molecule has 0 aliphatic carbocycles. The SMILES string of the molecule is N#CCc1cccc(-c2cnn(-c3ccnc4[nH]ccc34)c2)c1.O=C(O)C(F)(F)F. The Morgan fingerprint density at radius 3 is 2.70 bits per heavy atom. The number of aromatic nitrogens is 4. The number of carbonyl (C=O) groups is 1. The van der Waals surface area contributed by atoms with Crippen LogP contribution in [0.15, 0.2) is 61.2 Å². The molecule has 0 spiro atoms. The van der Waals surface area contributed by atoms with Gasteiger partial charge in [0.1, 0.15) is 5.65 Å². The number of H-pyrrole nitrogens is 1. The van der Waals surface area contributed by atoms with Crippen molar-refractivity contribution < 1.29 is 23.1 Å². The van der Waals surface area contributed by atoms with Gasteiger partial charge in [0, 0.05) is 29.5 Å². The number of hydrogen-bond donors (Lipinski definition) is 2. The Kier molecular flexibility index (Phi) is 5.83. The van der Waals surface area contributed by atoms with Gasteiger partial charge >= 0.3 is 12.1 Å². The molecule has 30 heavy (non-hydrogen) atoms. The van der Waals surface area contributed by atoms with Gasteiger partial charge in [-0.2, -0.15) is 23.5 Å². The zero-order chi connectivity index (χ0) is 21.7. The molecular formula is C20H14F3N5O2. The molecule has 0 radical (unpaired) electrons. The first-order valence-electron chi connectivity index (χ1n) is 8.53. The van der Waals surface area contributed by atoms with Crippen LogP contribution in [0.1, 0.15) is 5.56 Å². The van der Waals surface area contributed by atoms with E-state index in [1.54, 1.807) is 6.20 Å². The predicted molar refractivity (Wildman–Crippen MR) is 102 cm³/mol. The summed E-state index contributed by atoms with van der Waals surface area (Å²) in [5, 5.41) is 21.5. The summed E-state index contributed by atoms with van der Waals surface area (Å²) in [6.45, 7) is 0. The minimum atomic E-state index is -5.08. The molecule has 1 aromatic carbocycles. The molecule has 7 nitrogen and oxygen atoms in total. The Morgan fingerprint density at radius 1 is 1.23 bits per heavy atom. The van der Waals surface area contributed by atoms with Gasteiger partial charge < -0.3 is 10.1 Å². The van der Waals surface area contributed by atoms with Gasteiger partial charge in [0.15, 0.2) is 0 Å². The Balaban J connectivity index is 0.000000318. The van der Waals surface area contributed by atoms with E-state index in [2.05, 4.69) is 21.1 Å². The van der Waals surface area contributed by atoms with E-state index in [0.29, 0.717) is 6.42 Å². The summed E-state index contributed by atoms with van der Waals surface area (Å²) in [5.74, 6) is -2.76. The first-order chi connectivity index (χ1) is 14.3. The number of hydrogen-bond acceptors (Lipinski definition) is 4. The molecule has 0 aliphatic heterocycles. The molecule has 152 valence electrons. The highest BCUT2D eigenvalue weighted by Crippen LogP contribution is 2.24. The van der Waals surface area contributed by atoms with Crippen LogP contribution < -0.4 is 0 Å². The summed E-state index contributed by atoms with van der Waals surface area (Å²) in [7, 11) is 0. The Morgan fingerprint density at radius 2 is 2.00 bits per heavy atom. The van der Waals surface area contributed by atoms with Gasteiger partial charge in [-0.1, -0.05) is 24.3 Å². The molecule has 2 N–H and O–H groups in total. The van der Waals surface area contributed by atoms with Crippen LogP contribution in [-0.4, -0.2) is 37.0 Å². The molecule has 0 bridgehead atoms. The van der Waals surface area contributed by atoms with Crippen molar-refractivity contribution >= 4 is 17.0 Å². The van der Waals surface area contributed by atoms with E-state index in [-0.39, 0.29) is 0 Å². The fourth-order valence-corrected chi connectivity index (χ4v) is 2.70. The first-order valence-corrected chi connectivity index (χ1v) is 8.53. The summed E-state index contributed by atoms with van der Waals surface area (Å²) in [5.41, 5.74) is 4.91. The van der Waals surface area contributed by atoms with Crippen molar-refractivity contribution in [2.24, 2.45) is 0 Å². The fraction of sp³-hybridized carbons (Fsp3) is 0.100. The molecule has 4 rings (SSSR count). The number of halogens is 3. The normalized spacial score (nSPS) is 10.9. The number of nitrogens with one attached hydrogen (secondary N) is 1. The zero-order valence-electron chi connectivity index (χ0n) is 15.3. The first kappa shape index (κ1) is 20.6. The predicted octanol–water partition coefficient (Wildman–Crippen LogP) is 4.11. The molecule has 0 aliphatic rings. The topological polar surface area (TPSA) is 108 Å². The average Bonchev–Trinajstić information content (AvgIpc) is 3.38. The van der Waals surface area contributed by atoms with Crippen LogP contribution in [0, 0.1) is 11.3 Å². The quantitative estimate of drug-likeness (QED) is 0.525. The van der Waals surface area contributed by atoms with Crippen molar-refractivity contribution in [2.45, 2.75) is 12.6 Å². The molecule has 0 fully saturated rings. The van der Waals surface area contributed by atoms with Gasteiger partial charge in [-0.15, -0.1) is 0 Å². The number of pyridine rings is 1. The second kappa shape index (κ2) is 8.48. The second-order valence-corrected chi connectivity index (χ2v) is 6.08. The third-order valence-corrected chi connectivity index (χ3v) is 4.05. The lowest BCUT2D eigenvalue weighted by Gasteiger charge is -2.03. The van der Waals surface area contributed by atoms with E-state index in [4.69, 9.17) is 15.2 Å². The largest absolute Gasteiger partial charge is 0.490 e. The van der Waals surface area contributed by atoms with Gasteiger partial charge in [0.25, 0.3) is 0 Å². The van der Waals surface area contributed by atoms with E-state index in [1.807, 2.05) is 59.7 Å². The molecule has 0 unspecified atom stereocenters. The van der Waals surface area contributed by atoms with Gasteiger partial charge in [-0.3, -0.25) is 0 Å². The summed E-state index contributed by atoms with van der Waals surface area (Å²) in [4.78, 5) is 16.3. The van der Waals surface area contributed by atoms with Crippen LogP contribution in [0.5, 0.6) is 0 Å². The lowest BCUT2D eigenvalue weighted by molar-refractivity contribution is -0.192. The number of alkyl halides is 3. The molecule has 0 atom stereocenters. The molecule has 10 heteroatoms. The van der Waals surface area contributed by atoms with Crippen LogP contribution in [0.4, 0.5) is 13.2 Å². The Hall–Kier alpha value is -4.13. The third-order valence-electron chi connectivity index (χ3n) is 4.05. The number of carboxylic acid groups (broad SMARTS) is 1. The number of nitrogens with zero attached hydrogens (tertiary/aromatic N) is 4. The highest BCUT2D eigenvalue weighted by molar-refractivity contribution is 5.84. The summed E-state index contributed by atoms with van der Waals surface area (Å²) in [6, 6.07) is 14.1. The number of benzene rings is 1. The molecule has 3 aromatic heterocycles. The van der Waals surface area contributed by atoms with Crippen molar-refractivity contribution in [3.05, 3.63) is 66.7 Å². The van der Waals surface area contributed by atoms with Crippen LogP contribution in [0.3, 0.4) is 0 Å². The highest BCUT2D eigenvalue weighted by atomic mass is 19.4. The Bertz CT molecular complexity index is 1220. The van der Waals surface area contributed by atoms with Gasteiger partial charge in [0.2, 0.25) is 0 Å². The smallest absolute Gasteiger partial charge is 0.475 e. The standard InChI is InChI=1S/C18H13N5.C2HF3O2/c19-7-4-13-2-1-3-14(10-13)15-11-22-23(12-15)17-6-9-21-18-16(17)5-8-20-18;3-2(4,5)1(6)7/h1-3,5-6,8-12H,4H2,(H,20,21);(H,6,7). The lowest BCUT2D eigenvalue weighted by atomic mass is 10.1. The maximum Gasteiger partial charge on any atom is 0.490 e. The zero-order valence-corrected chi connectivity index (χ0v) is 15.3. The summed E-state index contributed by atoms with van der Waals surface area (Å²) < 4.78 is 33.6. The average molecular weight is 413 g/mol. The van der Waals surface area contributed by atoms with Crippen LogP contribution in [0.2, 0.25) is 0 Å². The summed E-state index contributed by atoms with van der Waals surface area (Å²) in [6.07, 6.45) is 2.80. The molecular weight excluding hydrogens is 399 g/mol. The van der Waals surface area contributed by atoms with Crippen LogP contribution in [-0.2, 0) is 11.2 Å². The van der Waals surface area contributed by atoms with Crippen molar-refractivity contribution in [3.8, 4) is 22.9 Å². The minimum Gasteiger partial charge on any atom is -0.475 e. The van der Waals surface area contributed by atoms with E-state index in [0.717, 1.165) is 33.4 Å². The fourth-order valence-electron chi connectivity index (χ4n) is 2.70. The molecule has 0 saturated heterocycles. The van der Waals surface area contributed by atoms with Crippen molar-refractivity contribution in [2.75, 3.05) is 0 Å². The van der Waals surface area contributed by atoms with E-state index in [9.17, 15) is 13.2 Å². The molecule has 4 aromatic rings. The highest BCUT2D eigenvalue weighted by Gasteiger charge is 2.38. The third kappa shape index (κ3) is 4.64. The number of rotatable bonds is 3. The number of carboxylic acids is 1. The van der Waals surface area contributed by atoms with E-state index >= 15 is 0 Å². The van der Waals surface area contributed by atoms with Crippen molar-refractivity contribution in [1.29, 1.82) is 5.26 Å². The Labute approximate surface area is 168 Å². The molecule has 0 saturated carbocycles. The van der Waals surface area contributed by atoms with Gasteiger partial charge in [-0.05, 0) is 23.3 Å². The van der Waals surface area contributed by atoms with Crippen molar-refractivity contribution in [3.63, 3.8) is 0 Å². The number of nitriles is 1. The second-order valence-electron chi connectivity index (χ2n) is 6.08. The van der Waals surface area contributed by atoms with E-state index < -0.39 is 12.1 Å². The summed E-state index contributed by atoms with van der Waals surface area (Å²) >= 11 is 0. The maximum atomic E-state index is 10.6. The van der Waals surface area contributed by atoms with E-state index in [1.165, 1.54) is 0 Å². The minimum absolute atomic E-state index is 0.413. The molecule has 0 amide bonds. The van der Waals surface area contributed by atoms with Crippen LogP contribution in [0.25, 0.3) is 27.8 Å². The maximum absolute atomic E-state index is 10.6. The van der Waals surface area contributed by atoms with Gasteiger partial charge in [-0.25, -0.2) is 14.5 Å². The van der Waals surface area contributed by atoms with Crippen molar-refractivity contribution in [1.82, 2.24) is 19.7 Å². The number of fused-ring (bicyclic) bond motifs is 1. The van der Waals surface area contributed by atoms with Crippen LogP contribution >= 0.6 is 0 Å². The molecule has 3 heterocycles. The lowest BCUT2D eigenvalue weighted by Crippen LogP contribution is -2.21.